The van der Waals surface area contributed by atoms with Gasteiger partial charge < -0.3 is 9.47 Å². The van der Waals surface area contributed by atoms with Gasteiger partial charge in [0.25, 0.3) is 0 Å². The number of para-hydroxylation sites is 1. The van der Waals surface area contributed by atoms with Crippen LogP contribution in [0.4, 0.5) is 39.5 Å². The van der Waals surface area contributed by atoms with Gasteiger partial charge in [0.1, 0.15) is 11.5 Å². The Morgan fingerprint density at radius 1 is 0.706 bits per heavy atom. The third-order valence-corrected chi connectivity index (χ3v) is 4.77. The molecule has 0 aliphatic carbocycles. The largest absolute Gasteiger partial charge is 0.573 e. The number of benzene rings is 3. The first-order chi connectivity index (χ1) is 15.6. The summed E-state index contributed by atoms with van der Waals surface area (Å²) < 4.78 is 130. The smallest absolute Gasteiger partial charge is 0.496 e. The molecule has 11 heteroatoms. The van der Waals surface area contributed by atoms with E-state index in [4.69, 9.17) is 4.74 Å². The van der Waals surface area contributed by atoms with Gasteiger partial charge in [0.15, 0.2) is 0 Å². The topological polar surface area (TPSA) is 18.5 Å². The average Bonchev–Trinajstić information content (AvgIpc) is 2.70. The summed E-state index contributed by atoms with van der Waals surface area (Å²) in [7, 11) is 1.06. The molecule has 0 spiro atoms. The fraction of sp³-hybridized carbons (Fsp3) is 0.217. The quantitative estimate of drug-likeness (QED) is 0.342. The predicted molar refractivity (Wildman–Crippen MR) is 104 cm³/mol. The Bertz CT molecular complexity index is 1190. The molecule has 3 aromatic carbocycles. The fourth-order valence-electron chi connectivity index (χ4n) is 3.50. The summed E-state index contributed by atoms with van der Waals surface area (Å²) in [6.07, 6.45) is -15.1. The lowest BCUT2D eigenvalue weighted by Gasteiger charge is -2.23. The molecule has 0 amide bonds. The van der Waals surface area contributed by atoms with E-state index >= 15 is 0 Å². The fourth-order valence-corrected chi connectivity index (χ4v) is 3.50. The van der Waals surface area contributed by atoms with E-state index in [1.807, 2.05) is 6.07 Å². The summed E-state index contributed by atoms with van der Waals surface area (Å²) in [6.45, 7) is 1.08. The molecule has 2 nitrogen and oxygen atoms in total. The first-order valence-electron chi connectivity index (χ1n) is 9.37. The average molecular weight is 493 g/mol. The molecule has 0 aromatic heterocycles. The standard InChI is InChI=1S/C23H14F9O2/c1-12-10-13(21(24,25)26)11-15(14-6-3-4-8-17(14)34-23(30,31)32)19(12)20-16(22(27,28)29)7-5-9-18(20)33-2/h3-9,11H,1-2H3. The molecule has 0 N–H and O–H groups in total. The van der Waals surface area contributed by atoms with Gasteiger partial charge in [0, 0.05) is 11.1 Å². The Balaban J connectivity index is 2.49. The van der Waals surface area contributed by atoms with Crippen LogP contribution < -0.4 is 9.47 Å². The Hall–Kier alpha value is -3.37. The molecule has 0 unspecified atom stereocenters. The first kappa shape index (κ1) is 25.3. The molecule has 34 heavy (non-hydrogen) atoms. The lowest BCUT2D eigenvalue weighted by Crippen LogP contribution is -2.18. The maximum Gasteiger partial charge on any atom is 0.573 e. The predicted octanol–water partition coefficient (Wildman–Crippen LogP) is 8.07. The second kappa shape index (κ2) is 8.77. The molecule has 0 saturated heterocycles. The Kier molecular flexibility index (Phi) is 6.51. The van der Waals surface area contributed by atoms with Crippen LogP contribution in [0.25, 0.3) is 22.3 Å². The molecule has 0 bridgehead atoms. The third-order valence-electron chi connectivity index (χ3n) is 4.77. The van der Waals surface area contributed by atoms with Crippen LogP contribution in [-0.4, -0.2) is 13.5 Å². The molecule has 0 heterocycles. The number of rotatable bonds is 4. The van der Waals surface area contributed by atoms with Crippen LogP contribution in [0.3, 0.4) is 0 Å². The van der Waals surface area contributed by atoms with E-state index in [1.54, 1.807) is 0 Å². The second-order valence-corrected chi connectivity index (χ2v) is 7.02. The second-order valence-electron chi connectivity index (χ2n) is 7.02. The van der Waals surface area contributed by atoms with Gasteiger partial charge in [-0.1, -0.05) is 24.3 Å². The number of alkyl halides is 9. The molecule has 0 fully saturated rings. The van der Waals surface area contributed by atoms with E-state index in [1.165, 1.54) is 6.07 Å². The van der Waals surface area contributed by atoms with E-state index in [2.05, 4.69) is 4.74 Å². The summed E-state index contributed by atoms with van der Waals surface area (Å²) in [4.78, 5) is 0. The van der Waals surface area contributed by atoms with Gasteiger partial charge in [-0.25, -0.2) is 0 Å². The van der Waals surface area contributed by atoms with Crippen LogP contribution in [0.5, 0.6) is 11.5 Å². The number of halogens is 9. The van der Waals surface area contributed by atoms with E-state index in [0.29, 0.717) is 12.1 Å². The van der Waals surface area contributed by atoms with E-state index in [0.717, 1.165) is 44.4 Å². The van der Waals surface area contributed by atoms with Gasteiger partial charge >= 0.3 is 18.7 Å². The van der Waals surface area contributed by atoms with Gasteiger partial charge in [-0.05, 0) is 53.9 Å². The van der Waals surface area contributed by atoms with Crippen molar-refractivity contribution >= 4 is 0 Å². The highest BCUT2D eigenvalue weighted by atomic mass is 19.4. The normalized spacial score (nSPS) is 12.6. The van der Waals surface area contributed by atoms with Crippen molar-refractivity contribution < 1.29 is 49.0 Å². The Morgan fingerprint density at radius 3 is 1.88 bits per heavy atom. The summed E-state index contributed by atoms with van der Waals surface area (Å²) >= 11 is 0. The lowest BCUT2D eigenvalue weighted by atomic mass is 9.86. The van der Waals surface area contributed by atoms with Crippen LogP contribution in [0, 0.1) is 13.0 Å². The summed E-state index contributed by atoms with van der Waals surface area (Å²) in [5, 5.41) is 0. The minimum Gasteiger partial charge on any atom is -0.496 e. The van der Waals surface area contributed by atoms with Gasteiger partial charge in [-0.3, -0.25) is 0 Å². The monoisotopic (exact) mass is 493 g/mol. The number of hydrogen-bond donors (Lipinski definition) is 0. The van der Waals surface area contributed by atoms with E-state index in [9.17, 15) is 39.5 Å². The minimum absolute atomic E-state index is 0.346. The van der Waals surface area contributed by atoms with Crippen LogP contribution >= 0.6 is 0 Å². The maximum atomic E-state index is 13.9. The van der Waals surface area contributed by atoms with Crippen molar-refractivity contribution in [3.05, 3.63) is 71.3 Å². The van der Waals surface area contributed by atoms with Gasteiger partial charge in [-0.15, -0.1) is 13.2 Å². The molecule has 0 aliphatic heterocycles. The first-order valence-corrected chi connectivity index (χ1v) is 9.37. The molecule has 0 aliphatic rings. The van der Waals surface area contributed by atoms with Crippen molar-refractivity contribution in [1.82, 2.24) is 0 Å². The van der Waals surface area contributed by atoms with Crippen molar-refractivity contribution in [2.45, 2.75) is 25.6 Å². The van der Waals surface area contributed by atoms with Crippen LogP contribution in [-0.2, 0) is 12.4 Å². The summed E-state index contributed by atoms with van der Waals surface area (Å²) in [5.74, 6) is -1.24. The maximum absolute atomic E-state index is 13.9. The molecule has 0 atom stereocenters. The Labute approximate surface area is 187 Å². The van der Waals surface area contributed by atoms with Gasteiger partial charge in [-0.2, -0.15) is 26.3 Å². The SMILES string of the molecule is COc1cccc(C(F)(F)F)c1-c1c(C)[c]c(C(F)(F)F)cc1-c1ccccc1OC(F)(F)F. The van der Waals surface area contributed by atoms with E-state index < -0.39 is 57.8 Å². The van der Waals surface area contributed by atoms with Crippen molar-refractivity contribution in [1.29, 1.82) is 0 Å². The molecule has 0 saturated carbocycles. The zero-order valence-corrected chi connectivity index (χ0v) is 17.3. The molecular weight excluding hydrogens is 479 g/mol. The van der Waals surface area contributed by atoms with E-state index in [-0.39, 0.29) is 11.3 Å². The third kappa shape index (κ3) is 5.23. The molecule has 3 rings (SSSR count). The molecular formula is C23H14F9O2. The Morgan fingerprint density at radius 2 is 1.32 bits per heavy atom. The van der Waals surface area contributed by atoms with Crippen LogP contribution in [0.2, 0.25) is 0 Å². The number of methoxy groups -OCH3 is 1. The zero-order chi connectivity index (χ0) is 25.5. The number of aryl methyl sites for hydroxylation is 1. The summed E-state index contributed by atoms with van der Waals surface area (Å²) in [6, 6.07) is 9.55. The lowest BCUT2D eigenvalue weighted by molar-refractivity contribution is -0.274. The van der Waals surface area contributed by atoms with Crippen molar-refractivity contribution in [3.63, 3.8) is 0 Å². The minimum atomic E-state index is -5.21. The van der Waals surface area contributed by atoms with Crippen molar-refractivity contribution in [2.24, 2.45) is 0 Å². The van der Waals surface area contributed by atoms with Gasteiger partial charge in [0.05, 0.1) is 18.2 Å². The van der Waals surface area contributed by atoms with Crippen LogP contribution in [0.1, 0.15) is 16.7 Å². The zero-order valence-electron chi connectivity index (χ0n) is 17.3. The van der Waals surface area contributed by atoms with Crippen LogP contribution in [0.15, 0.2) is 48.5 Å². The number of ether oxygens (including phenoxy) is 2. The highest BCUT2D eigenvalue weighted by Crippen LogP contribution is 2.49. The molecule has 3 aromatic rings. The van der Waals surface area contributed by atoms with Crippen molar-refractivity contribution in [2.75, 3.05) is 7.11 Å². The highest BCUT2D eigenvalue weighted by molar-refractivity contribution is 5.92. The van der Waals surface area contributed by atoms with Crippen molar-refractivity contribution in [3.8, 4) is 33.8 Å². The van der Waals surface area contributed by atoms with Gasteiger partial charge in [0.2, 0.25) is 0 Å². The molecule has 181 valence electrons. The highest BCUT2D eigenvalue weighted by Gasteiger charge is 2.39. The number of hydrogen-bond acceptors (Lipinski definition) is 2. The molecule has 1 radical (unpaired) electrons. The summed E-state index contributed by atoms with van der Waals surface area (Å²) in [5.41, 5.74) is -5.17.